The molecule has 2 aromatic carbocycles. The van der Waals surface area contributed by atoms with E-state index in [-0.39, 0.29) is 18.6 Å². The summed E-state index contributed by atoms with van der Waals surface area (Å²) in [6, 6.07) is 13.5. The molecule has 164 valence electrons. The van der Waals surface area contributed by atoms with Crippen LogP contribution in [0.2, 0.25) is 0 Å². The number of carbonyl (C=O) groups is 1. The van der Waals surface area contributed by atoms with Crippen LogP contribution in [0.1, 0.15) is 32.3 Å². The molecule has 6 nitrogen and oxygen atoms in total. The van der Waals surface area contributed by atoms with Crippen LogP contribution in [0.5, 0.6) is 11.5 Å². The fourth-order valence-corrected chi connectivity index (χ4v) is 4.74. The van der Waals surface area contributed by atoms with Crippen molar-refractivity contribution in [2.75, 3.05) is 31.3 Å². The smallest absolute Gasteiger partial charge is 0.266 e. The predicted molar refractivity (Wildman–Crippen MR) is 123 cm³/mol. The molecule has 1 saturated heterocycles. The van der Waals surface area contributed by atoms with Gasteiger partial charge in [0.15, 0.2) is 11.7 Å². The van der Waals surface area contributed by atoms with Crippen LogP contribution in [0.4, 0.5) is 5.13 Å². The zero-order valence-electron chi connectivity index (χ0n) is 18.0. The molecule has 1 aliphatic rings. The van der Waals surface area contributed by atoms with Crippen molar-refractivity contribution >= 4 is 32.6 Å². The number of amides is 1. The van der Waals surface area contributed by atoms with Gasteiger partial charge in [0.2, 0.25) is 0 Å². The van der Waals surface area contributed by atoms with Crippen LogP contribution < -0.4 is 14.4 Å². The SMILES string of the molecule is CCOc1ccc(OCC(=O)N(CC2CCCO2)c2nc3c(CC)cccc3s2)cc1. The lowest BCUT2D eigenvalue weighted by molar-refractivity contribution is -0.120. The number of ether oxygens (including phenoxy) is 3. The van der Waals surface area contributed by atoms with Gasteiger partial charge in [-0.05, 0) is 62.1 Å². The lowest BCUT2D eigenvalue weighted by Gasteiger charge is -2.23. The number of hydrogen-bond acceptors (Lipinski definition) is 6. The van der Waals surface area contributed by atoms with Crippen LogP contribution in [0.3, 0.4) is 0 Å². The van der Waals surface area contributed by atoms with Crippen LogP contribution in [0.15, 0.2) is 42.5 Å². The average Bonchev–Trinajstić information content (AvgIpc) is 3.46. The van der Waals surface area contributed by atoms with Gasteiger partial charge >= 0.3 is 0 Å². The highest BCUT2D eigenvalue weighted by molar-refractivity contribution is 7.22. The number of fused-ring (bicyclic) bond motifs is 1. The Morgan fingerprint density at radius 1 is 1.16 bits per heavy atom. The molecular weight excluding hydrogens is 412 g/mol. The monoisotopic (exact) mass is 440 g/mol. The first-order valence-corrected chi connectivity index (χ1v) is 11.7. The van der Waals surface area contributed by atoms with Crippen LogP contribution in [0.25, 0.3) is 10.2 Å². The van der Waals surface area contributed by atoms with Crippen LogP contribution >= 0.6 is 11.3 Å². The number of rotatable bonds is 9. The highest BCUT2D eigenvalue weighted by atomic mass is 32.1. The lowest BCUT2D eigenvalue weighted by atomic mass is 10.1. The number of para-hydroxylation sites is 1. The molecule has 1 unspecified atom stereocenters. The van der Waals surface area contributed by atoms with E-state index in [1.165, 1.54) is 5.56 Å². The van der Waals surface area contributed by atoms with Gasteiger partial charge in [-0.2, -0.15) is 0 Å². The van der Waals surface area contributed by atoms with E-state index in [0.29, 0.717) is 24.0 Å². The van der Waals surface area contributed by atoms with Crippen molar-refractivity contribution in [1.29, 1.82) is 0 Å². The molecule has 1 aromatic heterocycles. The molecule has 1 amide bonds. The summed E-state index contributed by atoms with van der Waals surface area (Å²) in [6.45, 7) is 5.85. The van der Waals surface area contributed by atoms with Gasteiger partial charge in [0.25, 0.3) is 5.91 Å². The van der Waals surface area contributed by atoms with Crippen molar-refractivity contribution in [2.24, 2.45) is 0 Å². The number of thiazole rings is 1. The molecule has 0 radical (unpaired) electrons. The first-order valence-electron chi connectivity index (χ1n) is 10.8. The third kappa shape index (κ3) is 5.17. The Morgan fingerprint density at radius 2 is 1.94 bits per heavy atom. The van der Waals surface area contributed by atoms with Gasteiger partial charge in [0.05, 0.1) is 29.5 Å². The molecule has 4 rings (SSSR count). The molecule has 2 heterocycles. The van der Waals surface area contributed by atoms with Crippen molar-refractivity contribution in [2.45, 2.75) is 39.2 Å². The maximum absolute atomic E-state index is 13.2. The highest BCUT2D eigenvalue weighted by Gasteiger charge is 2.26. The molecular formula is C24H28N2O4S. The van der Waals surface area contributed by atoms with Gasteiger partial charge < -0.3 is 14.2 Å². The Morgan fingerprint density at radius 3 is 2.61 bits per heavy atom. The van der Waals surface area contributed by atoms with E-state index in [0.717, 1.165) is 41.8 Å². The number of nitrogens with zero attached hydrogens (tertiary/aromatic N) is 2. The van der Waals surface area contributed by atoms with Gasteiger partial charge in [-0.3, -0.25) is 9.69 Å². The third-order valence-electron chi connectivity index (χ3n) is 5.31. The van der Waals surface area contributed by atoms with E-state index in [2.05, 4.69) is 19.1 Å². The number of carbonyl (C=O) groups excluding carboxylic acids is 1. The lowest BCUT2D eigenvalue weighted by Crippen LogP contribution is -2.40. The number of anilines is 1. The largest absolute Gasteiger partial charge is 0.494 e. The maximum Gasteiger partial charge on any atom is 0.266 e. The van der Waals surface area contributed by atoms with Crippen molar-refractivity contribution in [3.63, 3.8) is 0 Å². The van der Waals surface area contributed by atoms with Crippen molar-refractivity contribution in [3.05, 3.63) is 48.0 Å². The molecule has 0 aliphatic carbocycles. The number of hydrogen-bond donors (Lipinski definition) is 0. The summed E-state index contributed by atoms with van der Waals surface area (Å²) in [5.74, 6) is 1.29. The van der Waals surface area contributed by atoms with Gasteiger partial charge in [0, 0.05) is 6.61 Å². The molecule has 1 fully saturated rings. The van der Waals surface area contributed by atoms with Crippen molar-refractivity contribution in [1.82, 2.24) is 4.98 Å². The van der Waals surface area contributed by atoms with E-state index in [4.69, 9.17) is 19.2 Å². The molecule has 1 aliphatic heterocycles. The zero-order chi connectivity index (χ0) is 21.6. The predicted octanol–water partition coefficient (Wildman–Crippen LogP) is 4.85. The zero-order valence-corrected chi connectivity index (χ0v) is 18.8. The second-order valence-electron chi connectivity index (χ2n) is 7.45. The fourth-order valence-electron chi connectivity index (χ4n) is 3.69. The minimum Gasteiger partial charge on any atom is -0.494 e. The van der Waals surface area contributed by atoms with E-state index in [1.807, 2.05) is 37.3 Å². The fraction of sp³-hybridized carbons (Fsp3) is 0.417. The third-order valence-corrected chi connectivity index (χ3v) is 6.35. The Hall–Kier alpha value is -2.64. The van der Waals surface area contributed by atoms with Crippen LogP contribution in [0, 0.1) is 0 Å². The standard InChI is InChI=1S/C24H28N2O4S/c1-3-17-7-5-9-21-23(17)25-24(31-21)26(15-20-8-6-14-29-20)22(27)16-30-19-12-10-18(11-13-19)28-4-2/h5,7,9-13,20H,3-4,6,8,14-16H2,1-2H3. The second-order valence-corrected chi connectivity index (χ2v) is 8.46. The van der Waals surface area contributed by atoms with Gasteiger partial charge in [-0.1, -0.05) is 30.4 Å². The van der Waals surface area contributed by atoms with Gasteiger partial charge in [0.1, 0.15) is 11.5 Å². The van der Waals surface area contributed by atoms with E-state index >= 15 is 0 Å². The average molecular weight is 441 g/mol. The topological polar surface area (TPSA) is 60.9 Å². The normalized spacial score (nSPS) is 15.9. The molecule has 1 atom stereocenters. The number of aryl methyl sites for hydroxylation is 1. The molecule has 0 bridgehead atoms. The minimum absolute atomic E-state index is 0.0343. The van der Waals surface area contributed by atoms with Gasteiger partial charge in [-0.15, -0.1) is 0 Å². The Balaban J connectivity index is 1.52. The molecule has 3 aromatic rings. The Labute approximate surface area is 186 Å². The quantitative estimate of drug-likeness (QED) is 0.476. The molecule has 7 heteroatoms. The van der Waals surface area contributed by atoms with E-state index in [9.17, 15) is 4.79 Å². The summed E-state index contributed by atoms with van der Waals surface area (Å²) < 4.78 is 18.1. The number of aromatic nitrogens is 1. The summed E-state index contributed by atoms with van der Waals surface area (Å²) in [6.07, 6.45) is 2.91. The van der Waals surface area contributed by atoms with Crippen molar-refractivity contribution < 1.29 is 19.0 Å². The molecule has 0 N–H and O–H groups in total. The summed E-state index contributed by atoms with van der Waals surface area (Å²) >= 11 is 1.54. The summed E-state index contributed by atoms with van der Waals surface area (Å²) in [5, 5.41) is 0.701. The first kappa shape index (κ1) is 21.6. The molecule has 31 heavy (non-hydrogen) atoms. The highest BCUT2D eigenvalue weighted by Crippen LogP contribution is 2.32. The molecule has 0 spiro atoms. The maximum atomic E-state index is 13.2. The Bertz CT molecular complexity index is 1010. The van der Waals surface area contributed by atoms with E-state index < -0.39 is 0 Å². The van der Waals surface area contributed by atoms with Gasteiger partial charge in [-0.25, -0.2) is 4.98 Å². The second kappa shape index (κ2) is 10.1. The van der Waals surface area contributed by atoms with Crippen molar-refractivity contribution in [3.8, 4) is 11.5 Å². The van der Waals surface area contributed by atoms with E-state index in [1.54, 1.807) is 16.2 Å². The Kier molecular flexibility index (Phi) is 7.04. The summed E-state index contributed by atoms with van der Waals surface area (Å²) in [7, 11) is 0. The summed E-state index contributed by atoms with van der Waals surface area (Å²) in [5.41, 5.74) is 2.16. The molecule has 0 saturated carbocycles. The van der Waals surface area contributed by atoms with Crippen LogP contribution in [-0.4, -0.2) is 43.4 Å². The number of benzene rings is 2. The summed E-state index contributed by atoms with van der Waals surface area (Å²) in [4.78, 5) is 19.8. The first-order chi connectivity index (χ1) is 15.2. The van der Waals surface area contributed by atoms with Crippen LogP contribution in [-0.2, 0) is 16.0 Å². The minimum atomic E-state index is -0.124.